The number of para-hydroxylation sites is 1. The molecule has 36 heteroatoms. The van der Waals surface area contributed by atoms with Crippen LogP contribution in [0.5, 0.6) is 0 Å². The van der Waals surface area contributed by atoms with Crippen molar-refractivity contribution in [2.45, 2.75) is 131 Å². The van der Waals surface area contributed by atoms with Gasteiger partial charge >= 0.3 is 12.3 Å². The summed E-state index contributed by atoms with van der Waals surface area (Å²) in [5.41, 5.74) is 10.6. The number of likely N-dealkylation sites (N-methyl/N-ethyl adjacent to an activating group) is 4. The average Bonchev–Trinajstić information content (AvgIpc) is 1.61. The van der Waals surface area contributed by atoms with Gasteiger partial charge in [0.05, 0.1) is 46.5 Å². The number of aliphatic hydroxyl groups excluding tert-OH is 1. The maximum absolute atomic E-state index is 12.4. The van der Waals surface area contributed by atoms with Crippen LogP contribution >= 0.6 is 144 Å². The molecule has 2 N–H and O–H groups in total. The molecule has 13 heterocycles. The van der Waals surface area contributed by atoms with Gasteiger partial charge in [-0.15, -0.1) is 45.3 Å². The fraction of sp³-hybridized carbons (Fsp3) is 0.554. The number of halogens is 7. The van der Waals surface area contributed by atoms with Crippen LogP contribution in [0.3, 0.4) is 0 Å². The summed E-state index contributed by atoms with van der Waals surface area (Å²) in [7, 11) is 8.23. The number of imidazole rings is 1. The number of ether oxygens (including phenoxy) is 1. The third-order valence-electron chi connectivity index (χ3n) is 19.8. The van der Waals surface area contributed by atoms with Crippen molar-refractivity contribution in [2.24, 2.45) is 0 Å². The number of hydrogen-bond donors (Lipinski definition) is 2. The monoisotopic (exact) mass is 1870 g/mol. The molecule has 0 radical (unpaired) electrons. The van der Waals surface area contributed by atoms with Gasteiger partial charge in [-0.2, -0.15) is 0 Å². The van der Waals surface area contributed by atoms with Crippen molar-refractivity contribution in [3.8, 4) is 22.5 Å². The quantitative estimate of drug-likeness (QED) is 0.102. The molecule has 602 valence electrons. The third kappa shape index (κ3) is 25.3. The van der Waals surface area contributed by atoms with Gasteiger partial charge in [0.1, 0.15) is 9.21 Å². The number of aromatic nitrogens is 6. The molecule has 2 amide bonds. The Morgan fingerprint density at radius 2 is 0.991 bits per heavy atom. The molecule has 0 aliphatic carbocycles. The van der Waals surface area contributed by atoms with Crippen LogP contribution in [0.15, 0.2) is 89.2 Å². The van der Waals surface area contributed by atoms with Crippen molar-refractivity contribution in [1.29, 1.82) is 0 Å². The molecule has 3 aromatic carbocycles. The number of nitrogens with zero attached hydrogens (tertiary/aromatic N) is 15. The van der Waals surface area contributed by atoms with E-state index in [4.69, 9.17) is 40.7 Å². The molecule has 0 saturated carbocycles. The minimum atomic E-state index is -3.22. The summed E-state index contributed by atoms with van der Waals surface area (Å²) in [5, 5.41) is 20.6. The number of aliphatic hydroxyl groups is 1. The zero-order chi connectivity index (χ0) is 79.9. The summed E-state index contributed by atoms with van der Waals surface area (Å²) in [4.78, 5) is 67.8. The second kappa shape index (κ2) is 41.6. The van der Waals surface area contributed by atoms with Gasteiger partial charge in [-0.25, -0.2) is 24.9 Å². The number of amides is 2. The van der Waals surface area contributed by atoms with Crippen LogP contribution in [-0.2, 0) is 41.0 Å². The zero-order valence-corrected chi connectivity index (χ0v) is 77.0. The molecule has 5 aromatic heterocycles. The van der Waals surface area contributed by atoms with Crippen molar-refractivity contribution in [3.05, 3.63) is 106 Å². The first-order valence-corrected chi connectivity index (χ1v) is 47.6. The number of hydrogen-bond acceptors (Lipinski definition) is 24. The second-order valence-corrected chi connectivity index (χ2v) is 42.8. The standard InChI is InChI=1S/C19H24N4OS.C18H22ClN5S.C17H24BNO3.C8H12BrN3S.C5H12N2.C4H8O2.C3HBr2NS.Cl3OP/c1-13(2)23-17-6-4-5-14(15(17)11-18(23)24)16-12-25-19(20-16)22-9-7-21(3)8-10-22;1-12(2)24-15-6-4-5-13(16(15)21-17(24)19)14-11-25-18(20-14)23-9-7-22(3)8-10-23;1-11(2)19-14-9-7-8-13(12(14)10-15(19)20)18-21-16(3,4)17(5,6)22-18;1-11-2-4-12(5-3-11)8-10-7(9)6-13-8;1-7-4-2-6-3-5-7;5-4-2-1-3-6-4;4-2-1-7-3(5)6-2;1-5(2,3)4/h4-6,12-13H,7-11H2,1-3H3;4-6,11-12H,7-10H2,1-3H3;7-9,11H,10H2,1-6H3;6H,2-5H2,1H3;6H,2-5H2,1H3;4-5H,1-3H2;1H;. The SMILES string of the molecule is Brc1csc(Br)n1.CC(C)N1C(=O)Cc2c(-c3csc(N4CCN(C)CC4)n3)cccc21.CC(C)N1C(=O)Cc2c(B3OC(C)(C)C(C)(C)O3)cccc21.CC(C)n1c(Cl)nc2c(-c3csc(N4CCN(C)CC4)n3)cccc21.CN1CCN(c2nc(Br)cs2)CC1.CN1CCNCC1.O=P(Cl)(Cl)Cl.OC1CCCO1. The van der Waals surface area contributed by atoms with Crippen LogP contribution in [0.25, 0.3) is 33.5 Å². The van der Waals surface area contributed by atoms with E-state index in [0.29, 0.717) is 18.1 Å². The lowest BCUT2D eigenvalue weighted by Crippen LogP contribution is -2.44. The van der Waals surface area contributed by atoms with Gasteiger partial charge in [0.25, 0.3) is 0 Å². The number of nitrogens with one attached hydrogen (secondary N) is 1. The van der Waals surface area contributed by atoms with Crippen LogP contribution in [0, 0.1) is 0 Å². The lowest BCUT2D eigenvalue weighted by molar-refractivity contribution is -0.118. The molecule has 0 bridgehead atoms. The van der Waals surface area contributed by atoms with Crippen LogP contribution in [0.4, 0.5) is 26.8 Å². The number of fused-ring (bicyclic) bond motifs is 3. The molecule has 110 heavy (non-hydrogen) atoms. The number of thiazole rings is 4. The van der Waals surface area contributed by atoms with Crippen LogP contribution in [0.1, 0.15) is 99.2 Å². The van der Waals surface area contributed by atoms with Crippen molar-refractivity contribution >= 4 is 206 Å². The maximum atomic E-state index is 12.4. The minimum absolute atomic E-state index is 0.147. The van der Waals surface area contributed by atoms with E-state index in [-0.39, 0.29) is 41.1 Å². The van der Waals surface area contributed by atoms with E-state index in [1.165, 1.54) is 13.1 Å². The van der Waals surface area contributed by atoms with Crippen molar-refractivity contribution in [1.82, 2.24) is 54.4 Å². The Balaban J connectivity index is 0.000000154. The number of carbonyl (C=O) groups excluding carboxylic acids is 2. The molecule has 8 aliphatic rings. The molecule has 6 fully saturated rings. The molecular weight excluding hydrogens is 1780 g/mol. The molecule has 0 spiro atoms. The van der Waals surface area contributed by atoms with Gasteiger partial charge in [-0.05, 0) is 232 Å². The summed E-state index contributed by atoms with van der Waals surface area (Å²) >= 11 is 36.7. The fourth-order valence-electron chi connectivity index (χ4n) is 13.1. The maximum Gasteiger partial charge on any atom is 0.495 e. The molecule has 23 nitrogen and oxygen atoms in total. The van der Waals surface area contributed by atoms with Gasteiger partial charge in [0.2, 0.25) is 17.1 Å². The Labute approximate surface area is 709 Å². The smallest absolute Gasteiger partial charge is 0.399 e. The second-order valence-electron chi connectivity index (χ2n) is 29.5. The topological polar surface area (TPSA) is 210 Å². The Kier molecular flexibility index (Phi) is 34.2. The summed E-state index contributed by atoms with van der Waals surface area (Å²) in [5.74, 6) is 0.334. The first kappa shape index (κ1) is 90.4. The molecule has 8 aliphatic heterocycles. The van der Waals surface area contributed by atoms with E-state index >= 15 is 0 Å². The highest BCUT2D eigenvalue weighted by molar-refractivity contribution is 9.11. The largest absolute Gasteiger partial charge is 0.495 e. The first-order valence-electron chi connectivity index (χ1n) is 36.9. The number of anilines is 5. The van der Waals surface area contributed by atoms with Gasteiger partial charge in [0, 0.05) is 180 Å². The van der Waals surface area contributed by atoms with E-state index in [2.05, 4.69) is 238 Å². The van der Waals surface area contributed by atoms with Crippen molar-refractivity contribution in [2.75, 3.05) is 164 Å². The molecule has 8 aromatic rings. The van der Waals surface area contributed by atoms with Crippen LogP contribution in [0.2, 0.25) is 5.28 Å². The molecule has 1 unspecified atom stereocenters. The Hall–Kier alpha value is -3.48. The molecule has 16 rings (SSSR count). The van der Waals surface area contributed by atoms with Gasteiger partial charge in [-0.3, -0.25) is 14.2 Å². The highest BCUT2D eigenvalue weighted by Crippen LogP contribution is 2.61. The van der Waals surface area contributed by atoms with Crippen molar-refractivity contribution in [3.63, 3.8) is 0 Å². The van der Waals surface area contributed by atoms with Gasteiger partial charge in [0.15, 0.2) is 25.6 Å². The predicted octanol–water partition coefficient (Wildman–Crippen LogP) is 16.1. The van der Waals surface area contributed by atoms with Crippen molar-refractivity contribution < 1.29 is 33.3 Å². The Morgan fingerprint density at radius 3 is 1.39 bits per heavy atom. The first-order chi connectivity index (χ1) is 52.1. The predicted molar refractivity (Wildman–Crippen MR) is 472 cm³/mol. The minimum Gasteiger partial charge on any atom is -0.399 e. The van der Waals surface area contributed by atoms with Gasteiger partial charge in [-0.1, -0.05) is 36.4 Å². The molecule has 6 saturated heterocycles. The summed E-state index contributed by atoms with van der Waals surface area (Å²) in [6, 6.07) is 19.0. The van der Waals surface area contributed by atoms with E-state index in [0.717, 1.165) is 201 Å². The van der Waals surface area contributed by atoms with Crippen LogP contribution < -0.4 is 35.3 Å². The number of benzene rings is 3. The highest BCUT2D eigenvalue weighted by atomic mass is 79.9. The summed E-state index contributed by atoms with van der Waals surface area (Å²) in [6.45, 7) is 39.0. The lowest BCUT2D eigenvalue weighted by atomic mass is 9.75. The normalized spacial score (nSPS) is 19.3. The fourth-order valence-corrected chi connectivity index (χ4v) is 18.2. The molecule has 1 atom stereocenters. The van der Waals surface area contributed by atoms with E-state index in [1.54, 1.807) is 45.3 Å². The Bertz CT molecular complexity index is 4290. The summed E-state index contributed by atoms with van der Waals surface area (Å²) in [6.07, 6.45) is 2.28. The number of piperazine rings is 4. The van der Waals surface area contributed by atoms with Gasteiger partial charge < -0.3 is 73.1 Å². The number of rotatable bonds is 9. The third-order valence-corrected chi connectivity index (χ3v) is 25.6. The zero-order valence-electron chi connectivity index (χ0n) is 65.1. The number of carbonyl (C=O) groups is 2. The highest BCUT2D eigenvalue weighted by Gasteiger charge is 2.53. The van der Waals surface area contributed by atoms with Crippen LogP contribution in [-0.4, -0.2) is 242 Å². The lowest BCUT2D eigenvalue weighted by Gasteiger charge is -2.32. The van der Waals surface area contributed by atoms with E-state index < -0.39 is 18.6 Å². The van der Waals surface area contributed by atoms with E-state index in [1.807, 2.05) is 86.4 Å². The van der Waals surface area contributed by atoms with E-state index in [9.17, 15) is 14.2 Å². The molecular formula is C74H103BBr3Cl4N16O7PS4. The summed E-state index contributed by atoms with van der Waals surface area (Å²) < 4.78 is 31.4. The Morgan fingerprint density at radius 1 is 0.564 bits per heavy atom. The average molecular weight is 1880 g/mol.